The Morgan fingerprint density at radius 3 is 2.78 bits per heavy atom. The van der Waals surface area contributed by atoms with Crippen LogP contribution >= 0.6 is 11.3 Å². The summed E-state index contributed by atoms with van der Waals surface area (Å²) in [5.74, 6) is 0.0252. The number of hydrogen-bond acceptors (Lipinski definition) is 4. The quantitative estimate of drug-likeness (QED) is 0.717. The summed E-state index contributed by atoms with van der Waals surface area (Å²) in [6.45, 7) is 5.31. The van der Waals surface area contributed by atoms with Crippen molar-refractivity contribution >= 4 is 22.9 Å². The number of anilines is 1. The van der Waals surface area contributed by atoms with Gasteiger partial charge in [0.15, 0.2) is 0 Å². The molecule has 3 aromatic rings. The fraction of sp³-hybridized carbons (Fsp3) is 0.333. The molecule has 27 heavy (non-hydrogen) atoms. The summed E-state index contributed by atoms with van der Waals surface area (Å²) in [4.78, 5) is 16.4. The molecule has 1 amide bonds. The van der Waals surface area contributed by atoms with Gasteiger partial charge in [-0.25, -0.2) is 4.68 Å². The van der Waals surface area contributed by atoms with E-state index in [-0.39, 0.29) is 5.91 Å². The first-order chi connectivity index (χ1) is 13.1. The summed E-state index contributed by atoms with van der Waals surface area (Å²) < 4.78 is 1.88. The number of amides is 1. The monoisotopic (exact) mass is 380 g/mol. The van der Waals surface area contributed by atoms with Crippen molar-refractivity contribution in [2.75, 3.05) is 18.4 Å². The highest BCUT2D eigenvalue weighted by Gasteiger charge is 2.28. The van der Waals surface area contributed by atoms with Crippen LogP contribution < -0.4 is 5.32 Å². The summed E-state index contributed by atoms with van der Waals surface area (Å²) in [7, 11) is 0. The number of aryl methyl sites for hydroxylation is 1. The number of nitrogens with zero attached hydrogens (tertiary/aromatic N) is 3. The van der Waals surface area contributed by atoms with Gasteiger partial charge in [0.25, 0.3) is 0 Å². The first kappa shape index (κ1) is 17.9. The van der Waals surface area contributed by atoms with E-state index >= 15 is 0 Å². The van der Waals surface area contributed by atoms with Crippen LogP contribution in [0.25, 0.3) is 5.69 Å². The lowest BCUT2D eigenvalue weighted by Gasteiger charge is -2.22. The van der Waals surface area contributed by atoms with Gasteiger partial charge in [-0.2, -0.15) is 5.10 Å². The molecule has 0 bridgehead atoms. The largest absolute Gasteiger partial charge is 0.322 e. The minimum atomic E-state index is 0.0252. The third kappa shape index (κ3) is 3.68. The average molecular weight is 381 g/mol. The fourth-order valence-electron chi connectivity index (χ4n) is 3.83. The summed E-state index contributed by atoms with van der Waals surface area (Å²) in [5.41, 5.74) is 3.59. The molecule has 1 aromatic carbocycles. The number of hydrogen-bond donors (Lipinski definition) is 1. The van der Waals surface area contributed by atoms with E-state index < -0.39 is 0 Å². The van der Waals surface area contributed by atoms with Gasteiger partial charge in [0.05, 0.1) is 29.3 Å². The van der Waals surface area contributed by atoms with Gasteiger partial charge in [-0.15, -0.1) is 11.3 Å². The minimum Gasteiger partial charge on any atom is -0.322 e. The van der Waals surface area contributed by atoms with E-state index in [0.29, 0.717) is 12.6 Å². The van der Waals surface area contributed by atoms with E-state index in [4.69, 9.17) is 0 Å². The number of rotatable bonds is 5. The Hall–Kier alpha value is -2.44. The number of para-hydroxylation sites is 1. The molecule has 2 aromatic heterocycles. The maximum atomic E-state index is 12.7. The third-order valence-corrected chi connectivity index (χ3v) is 6.11. The molecule has 1 fully saturated rings. The molecule has 0 spiro atoms. The standard InChI is InChI=1S/C21H24N4OS/c1-15-21(16(2)25(23-15)17-8-4-3-5-9-17)22-20(26)14-24-12-6-10-18(24)19-11-7-13-27-19/h3-5,7-9,11,13,18H,6,10,12,14H2,1-2H3,(H,22,26)/t18-/m1/s1. The number of thiophene rings is 1. The van der Waals surface area contributed by atoms with Crippen molar-refractivity contribution in [3.05, 3.63) is 64.1 Å². The van der Waals surface area contributed by atoms with Gasteiger partial charge in [0.1, 0.15) is 0 Å². The van der Waals surface area contributed by atoms with Crippen LogP contribution in [-0.4, -0.2) is 33.7 Å². The predicted octanol–water partition coefficient (Wildman–Crippen LogP) is 4.33. The second-order valence-electron chi connectivity index (χ2n) is 6.99. The molecular weight excluding hydrogens is 356 g/mol. The number of carbonyl (C=O) groups is 1. The Morgan fingerprint density at radius 1 is 1.22 bits per heavy atom. The van der Waals surface area contributed by atoms with E-state index in [1.165, 1.54) is 4.88 Å². The molecule has 1 saturated heterocycles. The Kier molecular flexibility index (Phi) is 5.09. The molecule has 4 rings (SSSR count). The van der Waals surface area contributed by atoms with Crippen molar-refractivity contribution in [3.63, 3.8) is 0 Å². The highest BCUT2D eigenvalue weighted by atomic mass is 32.1. The van der Waals surface area contributed by atoms with Gasteiger partial charge in [-0.3, -0.25) is 9.69 Å². The number of benzene rings is 1. The zero-order valence-electron chi connectivity index (χ0n) is 15.7. The first-order valence-electron chi connectivity index (χ1n) is 9.32. The second-order valence-corrected chi connectivity index (χ2v) is 7.96. The lowest BCUT2D eigenvalue weighted by Crippen LogP contribution is -2.32. The van der Waals surface area contributed by atoms with E-state index in [2.05, 4.69) is 32.8 Å². The van der Waals surface area contributed by atoms with E-state index in [1.807, 2.05) is 48.9 Å². The molecule has 0 saturated carbocycles. The molecule has 3 heterocycles. The van der Waals surface area contributed by atoms with Crippen molar-refractivity contribution in [2.45, 2.75) is 32.7 Å². The van der Waals surface area contributed by atoms with Crippen molar-refractivity contribution in [3.8, 4) is 5.69 Å². The second kappa shape index (κ2) is 7.66. The van der Waals surface area contributed by atoms with Gasteiger partial charge in [0, 0.05) is 10.9 Å². The van der Waals surface area contributed by atoms with Crippen LogP contribution in [0.2, 0.25) is 0 Å². The lowest BCUT2D eigenvalue weighted by molar-refractivity contribution is -0.117. The van der Waals surface area contributed by atoms with Gasteiger partial charge >= 0.3 is 0 Å². The number of carbonyl (C=O) groups excluding carboxylic acids is 1. The van der Waals surface area contributed by atoms with Gasteiger partial charge in [-0.1, -0.05) is 24.3 Å². The molecule has 0 radical (unpaired) electrons. The number of aromatic nitrogens is 2. The van der Waals surface area contributed by atoms with Crippen molar-refractivity contribution < 1.29 is 4.79 Å². The minimum absolute atomic E-state index is 0.0252. The Balaban J connectivity index is 1.48. The molecule has 140 valence electrons. The lowest BCUT2D eigenvalue weighted by atomic mass is 10.2. The van der Waals surface area contributed by atoms with Crippen LogP contribution in [0.4, 0.5) is 5.69 Å². The van der Waals surface area contributed by atoms with Gasteiger partial charge in [-0.05, 0) is 56.8 Å². The van der Waals surface area contributed by atoms with Crippen LogP contribution in [0.3, 0.4) is 0 Å². The highest BCUT2D eigenvalue weighted by molar-refractivity contribution is 7.10. The molecule has 5 nitrogen and oxygen atoms in total. The summed E-state index contributed by atoms with van der Waals surface area (Å²) >= 11 is 1.77. The molecule has 0 unspecified atom stereocenters. The smallest absolute Gasteiger partial charge is 0.238 e. The third-order valence-electron chi connectivity index (χ3n) is 5.14. The van der Waals surface area contributed by atoms with Crippen LogP contribution in [0.5, 0.6) is 0 Å². The number of nitrogens with one attached hydrogen (secondary N) is 1. The van der Waals surface area contributed by atoms with Crippen LogP contribution in [0, 0.1) is 13.8 Å². The zero-order valence-corrected chi connectivity index (χ0v) is 16.5. The normalized spacial score (nSPS) is 17.3. The predicted molar refractivity (Wildman–Crippen MR) is 110 cm³/mol. The molecule has 1 atom stereocenters. The van der Waals surface area contributed by atoms with Gasteiger partial charge < -0.3 is 5.32 Å². The van der Waals surface area contributed by atoms with E-state index in [0.717, 1.165) is 42.1 Å². The van der Waals surface area contributed by atoms with Crippen LogP contribution in [0.15, 0.2) is 47.8 Å². The van der Waals surface area contributed by atoms with Crippen LogP contribution in [0.1, 0.15) is 35.1 Å². The topological polar surface area (TPSA) is 50.2 Å². The first-order valence-corrected chi connectivity index (χ1v) is 10.2. The molecule has 1 aliphatic rings. The average Bonchev–Trinajstić information content (AvgIpc) is 3.40. The molecule has 1 N–H and O–H groups in total. The van der Waals surface area contributed by atoms with Crippen molar-refractivity contribution in [1.29, 1.82) is 0 Å². The fourth-order valence-corrected chi connectivity index (χ4v) is 4.72. The maximum Gasteiger partial charge on any atom is 0.238 e. The summed E-state index contributed by atoms with van der Waals surface area (Å²) in [6, 6.07) is 14.6. The van der Waals surface area contributed by atoms with Gasteiger partial charge in [0.2, 0.25) is 5.91 Å². The summed E-state index contributed by atoms with van der Waals surface area (Å²) in [5, 5.41) is 9.82. The Labute approximate surface area is 163 Å². The molecule has 0 aliphatic carbocycles. The molecular formula is C21H24N4OS. The van der Waals surface area contributed by atoms with Crippen LogP contribution in [-0.2, 0) is 4.79 Å². The Morgan fingerprint density at radius 2 is 2.04 bits per heavy atom. The summed E-state index contributed by atoms with van der Waals surface area (Å²) in [6.07, 6.45) is 2.26. The highest BCUT2D eigenvalue weighted by Crippen LogP contribution is 2.34. The molecule has 1 aliphatic heterocycles. The SMILES string of the molecule is Cc1nn(-c2ccccc2)c(C)c1NC(=O)CN1CCC[C@@H]1c1cccs1. The zero-order chi connectivity index (χ0) is 18.8. The van der Waals surface area contributed by atoms with E-state index in [1.54, 1.807) is 11.3 Å². The maximum absolute atomic E-state index is 12.7. The van der Waals surface area contributed by atoms with Crippen molar-refractivity contribution in [2.24, 2.45) is 0 Å². The number of likely N-dealkylation sites (tertiary alicyclic amines) is 1. The van der Waals surface area contributed by atoms with E-state index in [9.17, 15) is 4.79 Å². The Bertz CT molecular complexity index is 917. The van der Waals surface area contributed by atoms with Crippen molar-refractivity contribution in [1.82, 2.24) is 14.7 Å². The molecule has 6 heteroatoms.